The largest absolute Gasteiger partial charge is 0.466 e. The quantitative estimate of drug-likeness (QED) is 0.591. The molecule has 0 spiro atoms. The Labute approximate surface area is 71.8 Å². The van der Waals surface area contributed by atoms with Gasteiger partial charge in [0.05, 0.1) is 19.8 Å². The summed E-state index contributed by atoms with van der Waals surface area (Å²) in [6.45, 7) is 3.25. The van der Waals surface area contributed by atoms with Gasteiger partial charge in [0.1, 0.15) is 0 Å². The van der Waals surface area contributed by atoms with Crippen molar-refractivity contribution in [2.45, 2.75) is 26.1 Å². The molecule has 1 heterocycles. The maximum Gasteiger partial charge on any atom is 0.302 e. The first-order chi connectivity index (χ1) is 5.79. The van der Waals surface area contributed by atoms with Crippen LogP contribution in [0.5, 0.6) is 0 Å². The molecule has 0 amide bonds. The van der Waals surface area contributed by atoms with Crippen molar-refractivity contribution < 1.29 is 19.0 Å². The predicted octanol–water partition coefficient (Wildman–Crippen LogP) is 0.703. The normalized spacial score (nSPS) is 19.1. The molecule has 0 aliphatic carbocycles. The van der Waals surface area contributed by atoms with E-state index < -0.39 is 0 Å². The summed E-state index contributed by atoms with van der Waals surface area (Å²) >= 11 is 0. The molecule has 0 aromatic rings. The van der Waals surface area contributed by atoms with Crippen LogP contribution < -0.4 is 0 Å². The van der Waals surface area contributed by atoms with E-state index in [2.05, 4.69) is 0 Å². The number of hydrogen-bond acceptors (Lipinski definition) is 4. The summed E-state index contributed by atoms with van der Waals surface area (Å²) in [5.41, 5.74) is 0. The molecule has 0 aromatic heterocycles. The molecule has 0 bridgehead atoms. The molecule has 0 radical (unpaired) electrons. The van der Waals surface area contributed by atoms with E-state index in [9.17, 15) is 4.79 Å². The molecule has 0 saturated carbocycles. The summed E-state index contributed by atoms with van der Waals surface area (Å²) < 4.78 is 15.2. The van der Waals surface area contributed by atoms with Crippen molar-refractivity contribution in [3.8, 4) is 0 Å². The molecule has 1 aliphatic rings. The van der Waals surface area contributed by atoms with Crippen LogP contribution in [-0.2, 0) is 19.0 Å². The predicted molar refractivity (Wildman–Crippen MR) is 41.6 cm³/mol. The Bertz CT molecular complexity index is 140. The smallest absolute Gasteiger partial charge is 0.302 e. The second-order valence-corrected chi connectivity index (χ2v) is 2.65. The first kappa shape index (κ1) is 9.48. The second-order valence-electron chi connectivity index (χ2n) is 2.65. The Kier molecular flexibility index (Phi) is 4.04. The van der Waals surface area contributed by atoms with Crippen molar-refractivity contribution >= 4 is 5.97 Å². The highest BCUT2D eigenvalue weighted by molar-refractivity contribution is 5.65. The molecule has 70 valence electrons. The first-order valence-corrected chi connectivity index (χ1v) is 4.15. The average molecular weight is 174 g/mol. The van der Waals surface area contributed by atoms with Gasteiger partial charge in [0.2, 0.25) is 0 Å². The number of carbonyl (C=O) groups excluding carboxylic acids is 1. The van der Waals surface area contributed by atoms with Gasteiger partial charge in [-0.05, 0) is 6.42 Å². The number of carbonyl (C=O) groups is 1. The molecule has 0 atom stereocenters. The number of ether oxygens (including phenoxy) is 3. The van der Waals surface area contributed by atoms with Gasteiger partial charge in [-0.3, -0.25) is 4.79 Å². The van der Waals surface area contributed by atoms with E-state index in [0.717, 1.165) is 19.6 Å². The van der Waals surface area contributed by atoms with Crippen LogP contribution in [0, 0.1) is 0 Å². The summed E-state index contributed by atoms with van der Waals surface area (Å²) in [6.07, 6.45) is 1.39. The fraction of sp³-hybridized carbons (Fsp3) is 0.875. The van der Waals surface area contributed by atoms with Gasteiger partial charge in [-0.15, -0.1) is 0 Å². The van der Waals surface area contributed by atoms with Gasteiger partial charge in [-0.2, -0.15) is 0 Å². The van der Waals surface area contributed by atoms with Crippen LogP contribution in [0.1, 0.15) is 19.8 Å². The minimum atomic E-state index is -0.259. The molecule has 4 heteroatoms. The standard InChI is InChI=1S/C8H14O4/c1-7(9)10-6-3-8-11-4-2-5-12-8/h8H,2-6H2,1H3. The lowest BCUT2D eigenvalue weighted by Gasteiger charge is -2.22. The zero-order valence-electron chi connectivity index (χ0n) is 7.25. The minimum Gasteiger partial charge on any atom is -0.466 e. The Morgan fingerprint density at radius 1 is 1.50 bits per heavy atom. The molecule has 0 N–H and O–H groups in total. The van der Waals surface area contributed by atoms with E-state index >= 15 is 0 Å². The van der Waals surface area contributed by atoms with E-state index in [-0.39, 0.29) is 12.3 Å². The molecule has 4 nitrogen and oxygen atoms in total. The van der Waals surface area contributed by atoms with E-state index in [1.54, 1.807) is 0 Å². The summed E-state index contributed by atoms with van der Waals surface area (Å²) in [5, 5.41) is 0. The van der Waals surface area contributed by atoms with Gasteiger partial charge in [-0.1, -0.05) is 0 Å². The van der Waals surface area contributed by atoms with Crippen molar-refractivity contribution in [2.24, 2.45) is 0 Å². The number of esters is 1. The minimum absolute atomic E-state index is 0.182. The lowest BCUT2D eigenvalue weighted by Crippen LogP contribution is -2.26. The van der Waals surface area contributed by atoms with Crippen LogP contribution in [-0.4, -0.2) is 32.1 Å². The van der Waals surface area contributed by atoms with E-state index in [1.807, 2.05) is 0 Å². The highest BCUT2D eigenvalue weighted by Crippen LogP contribution is 2.08. The van der Waals surface area contributed by atoms with Gasteiger partial charge in [0, 0.05) is 13.3 Å². The number of rotatable bonds is 3. The van der Waals surface area contributed by atoms with Crippen molar-refractivity contribution in [1.29, 1.82) is 0 Å². The molecular formula is C8H14O4. The topological polar surface area (TPSA) is 44.8 Å². The van der Waals surface area contributed by atoms with Crippen LogP contribution in [0.3, 0.4) is 0 Å². The third kappa shape index (κ3) is 3.69. The fourth-order valence-electron chi connectivity index (χ4n) is 1.00. The third-order valence-corrected chi connectivity index (χ3v) is 1.56. The highest BCUT2D eigenvalue weighted by atomic mass is 16.7. The molecule has 1 saturated heterocycles. The lowest BCUT2D eigenvalue weighted by molar-refractivity contribution is -0.187. The van der Waals surface area contributed by atoms with Crippen LogP contribution in [0.15, 0.2) is 0 Å². The first-order valence-electron chi connectivity index (χ1n) is 4.15. The molecule has 1 rings (SSSR count). The van der Waals surface area contributed by atoms with Gasteiger partial charge in [-0.25, -0.2) is 0 Å². The lowest BCUT2D eigenvalue weighted by atomic mass is 10.4. The molecule has 0 unspecified atom stereocenters. The summed E-state index contributed by atoms with van der Waals surface area (Å²) in [5.74, 6) is -0.259. The number of hydrogen-bond donors (Lipinski definition) is 0. The Balaban J connectivity index is 2.01. The molecule has 1 aliphatic heterocycles. The maximum atomic E-state index is 10.4. The third-order valence-electron chi connectivity index (χ3n) is 1.56. The molecule has 12 heavy (non-hydrogen) atoms. The van der Waals surface area contributed by atoms with Crippen LogP contribution in [0.2, 0.25) is 0 Å². The molecular weight excluding hydrogens is 160 g/mol. The molecule has 1 fully saturated rings. The summed E-state index contributed by atoms with van der Waals surface area (Å²) in [7, 11) is 0. The van der Waals surface area contributed by atoms with E-state index in [0.29, 0.717) is 13.0 Å². The van der Waals surface area contributed by atoms with Crippen molar-refractivity contribution in [2.75, 3.05) is 19.8 Å². The Morgan fingerprint density at radius 3 is 2.75 bits per heavy atom. The van der Waals surface area contributed by atoms with Gasteiger partial charge in [0.15, 0.2) is 6.29 Å². The van der Waals surface area contributed by atoms with Crippen molar-refractivity contribution in [3.63, 3.8) is 0 Å². The van der Waals surface area contributed by atoms with E-state index in [1.165, 1.54) is 6.92 Å². The van der Waals surface area contributed by atoms with Crippen LogP contribution in [0.4, 0.5) is 0 Å². The molecule has 0 aromatic carbocycles. The monoisotopic (exact) mass is 174 g/mol. The van der Waals surface area contributed by atoms with Gasteiger partial charge >= 0.3 is 5.97 Å². The Hall–Kier alpha value is -0.610. The van der Waals surface area contributed by atoms with Crippen molar-refractivity contribution in [1.82, 2.24) is 0 Å². The Morgan fingerprint density at radius 2 is 2.17 bits per heavy atom. The van der Waals surface area contributed by atoms with Crippen molar-refractivity contribution in [3.05, 3.63) is 0 Å². The van der Waals surface area contributed by atoms with Crippen LogP contribution in [0.25, 0.3) is 0 Å². The summed E-state index contributed by atoms with van der Waals surface area (Å²) in [6, 6.07) is 0. The van der Waals surface area contributed by atoms with E-state index in [4.69, 9.17) is 14.2 Å². The second kappa shape index (κ2) is 5.11. The average Bonchev–Trinajstić information content (AvgIpc) is 2.05. The van der Waals surface area contributed by atoms with Crippen LogP contribution >= 0.6 is 0 Å². The zero-order valence-corrected chi connectivity index (χ0v) is 7.25. The highest BCUT2D eigenvalue weighted by Gasteiger charge is 2.13. The SMILES string of the molecule is CC(=O)OCCC1OCCCO1. The van der Waals surface area contributed by atoms with Gasteiger partial charge < -0.3 is 14.2 Å². The fourth-order valence-corrected chi connectivity index (χ4v) is 1.00. The zero-order chi connectivity index (χ0) is 8.81. The maximum absolute atomic E-state index is 10.4. The summed E-state index contributed by atoms with van der Waals surface area (Å²) in [4.78, 5) is 10.4. The van der Waals surface area contributed by atoms with Gasteiger partial charge in [0.25, 0.3) is 0 Å².